The molecule has 0 aliphatic heterocycles. The van der Waals surface area contributed by atoms with Crippen LogP contribution in [0, 0.1) is 5.41 Å². The van der Waals surface area contributed by atoms with E-state index in [1.165, 1.54) is 0 Å². The first-order valence-electron chi connectivity index (χ1n) is 7.38. The lowest BCUT2D eigenvalue weighted by atomic mass is 9.91. The zero-order valence-electron chi connectivity index (χ0n) is 13.6. The van der Waals surface area contributed by atoms with Gasteiger partial charge in [0, 0.05) is 7.11 Å². The molecule has 4 nitrogen and oxygen atoms in total. The SMILES string of the molecule is CCC(C)(C)C(=O)OCC[N+](CC)(CC)CCOC. The highest BCUT2D eigenvalue weighted by atomic mass is 16.5. The molecule has 0 rings (SSSR count). The van der Waals surface area contributed by atoms with E-state index in [0.717, 1.165) is 43.7 Å². The second-order valence-electron chi connectivity index (χ2n) is 5.79. The number of methoxy groups -OCH3 is 1. The van der Waals surface area contributed by atoms with Crippen molar-refractivity contribution in [1.29, 1.82) is 0 Å². The Kier molecular flexibility index (Phi) is 8.26. The molecule has 0 heterocycles. The number of nitrogens with zero attached hydrogens (tertiary/aromatic N) is 1. The van der Waals surface area contributed by atoms with Crippen molar-refractivity contribution in [3.05, 3.63) is 0 Å². The average molecular weight is 274 g/mol. The lowest BCUT2D eigenvalue weighted by molar-refractivity contribution is -0.925. The van der Waals surface area contributed by atoms with Crippen LogP contribution in [0.25, 0.3) is 0 Å². The fraction of sp³-hybridized carbons (Fsp3) is 0.933. The van der Waals surface area contributed by atoms with E-state index in [2.05, 4.69) is 13.8 Å². The second kappa shape index (κ2) is 8.54. The minimum Gasteiger partial charge on any atom is -0.459 e. The van der Waals surface area contributed by atoms with Crippen molar-refractivity contribution >= 4 is 5.97 Å². The molecule has 114 valence electrons. The third kappa shape index (κ3) is 5.91. The van der Waals surface area contributed by atoms with Gasteiger partial charge in [0.2, 0.25) is 0 Å². The van der Waals surface area contributed by atoms with Gasteiger partial charge in [0.05, 0.1) is 25.1 Å². The van der Waals surface area contributed by atoms with Crippen LogP contribution in [0.15, 0.2) is 0 Å². The summed E-state index contributed by atoms with van der Waals surface area (Å²) in [6, 6.07) is 0. The summed E-state index contributed by atoms with van der Waals surface area (Å²) in [6.45, 7) is 15.4. The summed E-state index contributed by atoms with van der Waals surface area (Å²) in [5, 5.41) is 0. The summed E-state index contributed by atoms with van der Waals surface area (Å²) in [5.74, 6) is -0.0907. The maximum atomic E-state index is 11.9. The summed E-state index contributed by atoms with van der Waals surface area (Å²) in [7, 11) is 1.73. The van der Waals surface area contributed by atoms with Gasteiger partial charge in [-0.05, 0) is 34.1 Å². The van der Waals surface area contributed by atoms with E-state index < -0.39 is 0 Å². The molecule has 0 bridgehead atoms. The van der Waals surface area contributed by atoms with E-state index in [1.54, 1.807) is 7.11 Å². The van der Waals surface area contributed by atoms with E-state index >= 15 is 0 Å². The molecule has 0 aromatic heterocycles. The number of ether oxygens (including phenoxy) is 2. The third-order valence-electron chi connectivity index (χ3n) is 4.35. The normalized spacial score (nSPS) is 12.5. The smallest absolute Gasteiger partial charge is 0.311 e. The van der Waals surface area contributed by atoms with Gasteiger partial charge in [-0.1, -0.05) is 6.92 Å². The van der Waals surface area contributed by atoms with Crippen LogP contribution in [-0.2, 0) is 14.3 Å². The van der Waals surface area contributed by atoms with Crippen molar-refractivity contribution in [3.63, 3.8) is 0 Å². The molecule has 0 aromatic rings. The fourth-order valence-electron chi connectivity index (χ4n) is 1.92. The van der Waals surface area contributed by atoms with Gasteiger partial charge < -0.3 is 14.0 Å². The molecule has 0 aromatic carbocycles. The Morgan fingerprint density at radius 1 is 1.05 bits per heavy atom. The molecule has 0 atom stereocenters. The number of carbonyl (C=O) groups is 1. The first kappa shape index (κ1) is 18.4. The summed E-state index contributed by atoms with van der Waals surface area (Å²) < 4.78 is 11.6. The Morgan fingerprint density at radius 2 is 1.58 bits per heavy atom. The highest BCUT2D eigenvalue weighted by Gasteiger charge is 2.29. The Hall–Kier alpha value is -0.610. The minimum atomic E-state index is -0.374. The van der Waals surface area contributed by atoms with E-state index in [-0.39, 0.29) is 11.4 Å². The van der Waals surface area contributed by atoms with Gasteiger partial charge >= 0.3 is 5.97 Å². The minimum absolute atomic E-state index is 0.0907. The number of likely N-dealkylation sites (N-methyl/N-ethyl adjacent to an activating group) is 1. The zero-order chi connectivity index (χ0) is 14.9. The molecule has 0 aliphatic rings. The van der Waals surface area contributed by atoms with Crippen LogP contribution >= 0.6 is 0 Å². The van der Waals surface area contributed by atoms with Gasteiger partial charge in [0.15, 0.2) is 0 Å². The highest BCUT2D eigenvalue weighted by Crippen LogP contribution is 2.21. The van der Waals surface area contributed by atoms with Crippen molar-refractivity contribution in [2.75, 3.05) is 46.5 Å². The highest BCUT2D eigenvalue weighted by molar-refractivity contribution is 5.75. The van der Waals surface area contributed by atoms with Crippen LogP contribution < -0.4 is 0 Å². The topological polar surface area (TPSA) is 35.5 Å². The van der Waals surface area contributed by atoms with Crippen molar-refractivity contribution in [3.8, 4) is 0 Å². The summed E-state index contributed by atoms with van der Waals surface area (Å²) >= 11 is 0. The Labute approximate surface area is 118 Å². The second-order valence-corrected chi connectivity index (χ2v) is 5.79. The van der Waals surface area contributed by atoms with Gasteiger partial charge in [0.1, 0.15) is 19.7 Å². The van der Waals surface area contributed by atoms with Gasteiger partial charge in [-0.3, -0.25) is 4.79 Å². The maximum absolute atomic E-state index is 11.9. The molecule has 0 radical (unpaired) electrons. The molecule has 0 saturated heterocycles. The molecule has 0 amide bonds. The molecule has 0 aliphatic carbocycles. The monoisotopic (exact) mass is 274 g/mol. The van der Waals surface area contributed by atoms with E-state index in [0.29, 0.717) is 6.61 Å². The van der Waals surface area contributed by atoms with E-state index in [4.69, 9.17) is 9.47 Å². The largest absolute Gasteiger partial charge is 0.459 e. The van der Waals surface area contributed by atoms with Gasteiger partial charge in [-0.25, -0.2) is 0 Å². The molecular formula is C15H32NO3+. The quantitative estimate of drug-likeness (QED) is 0.453. The average Bonchev–Trinajstić information content (AvgIpc) is 2.42. The third-order valence-corrected chi connectivity index (χ3v) is 4.35. The van der Waals surface area contributed by atoms with Crippen LogP contribution in [0.3, 0.4) is 0 Å². The molecule has 0 N–H and O–H groups in total. The van der Waals surface area contributed by atoms with Crippen molar-refractivity contribution in [2.45, 2.75) is 41.0 Å². The summed E-state index contributed by atoms with van der Waals surface area (Å²) in [4.78, 5) is 11.9. The van der Waals surface area contributed by atoms with Gasteiger partial charge in [-0.15, -0.1) is 0 Å². The Bertz CT molecular complexity index is 260. The van der Waals surface area contributed by atoms with Crippen LogP contribution in [0.1, 0.15) is 41.0 Å². The van der Waals surface area contributed by atoms with Crippen LogP contribution in [0.2, 0.25) is 0 Å². The fourth-order valence-corrected chi connectivity index (χ4v) is 1.92. The molecule has 19 heavy (non-hydrogen) atoms. The molecule has 0 unspecified atom stereocenters. The molecule has 4 heteroatoms. The molecular weight excluding hydrogens is 242 g/mol. The number of rotatable bonds is 10. The van der Waals surface area contributed by atoms with Gasteiger partial charge in [-0.2, -0.15) is 0 Å². The lowest BCUT2D eigenvalue weighted by Gasteiger charge is -2.36. The first-order valence-corrected chi connectivity index (χ1v) is 7.38. The van der Waals surface area contributed by atoms with Crippen molar-refractivity contribution < 1.29 is 18.8 Å². The predicted octanol–water partition coefficient (Wildman–Crippen LogP) is 2.47. The number of quaternary nitrogens is 1. The van der Waals surface area contributed by atoms with Crippen LogP contribution in [0.4, 0.5) is 0 Å². The van der Waals surface area contributed by atoms with Crippen LogP contribution in [-0.4, -0.2) is 57.0 Å². The Balaban J connectivity index is 4.30. The van der Waals surface area contributed by atoms with E-state index in [9.17, 15) is 4.79 Å². The molecule has 0 fully saturated rings. The van der Waals surface area contributed by atoms with Crippen molar-refractivity contribution in [1.82, 2.24) is 0 Å². The standard InChI is InChI=1S/C15H32NO3/c1-7-15(4,5)14(17)19-13-11-16(8-2,9-3)10-12-18-6/h7-13H2,1-6H3/q+1. The number of carbonyl (C=O) groups excluding carboxylic acids is 1. The zero-order valence-corrected chi connectivity index (χ0v) is 13.6. The van der Waals surface area contributed by atoms with Crippen molar-refractivity contribution in [2.24, 2.45) is 5.41 Å². The van der Waals surface area contributed by atoms with E-state index in [1.807, 2.05) is 20.8 Å². The first-order chi connectivity index (χ1) is 8.87. The van der Waals surface area contributed by atoms with Gasteiger partial charge in [0.25, 0.3) is 0 Å². The Morgan fingerprint density at radius 3 is 2.00 bits per heavy atom. The maximum Gasteiger partial charge on any atom is 0.311 e. The number of esters is 1. The molecule has 0 spiro atoms. The summed E-state index contributed by atoms with van der Waals surface area (Å²) in [5.41, 5.74) is -0.374. The number of hydrogen-bond donors (Lipinski definition) is 0. The lowest BCUT2D eigenvalue weighted by Crippen LogP contribution is -2.52. The summed E-state index contributed by atoms with van der Waals surface area (Å²) in [6.07, 6.45) is 0.803. The predicted molar refractivity (Wildman–Crippen MR) is 78.0 cm³/mol. The number of hydrogen-bond acceptors (Lipinski definition) is 3. The molecule has 0 saturated carbocycles. The van der Waals surface area contributed by atoms with Crippen LogP contribution in [0.5, 0.6) is 0 Å².